The summed E-state index contributed by atoms with van der Waals surface area (Å²) in [6.07, 6.45) is 1.96. The molecule has 0 saturated carbocycles. The summed E-state index contributed by atoms with van der Waals surface area (Å²) >= 11 is 6.03. The Morgan fingerprint density at radius 2 is 2.00 bits per heavy atom. The van der Waals surface area contributed by atoms with Crippen molar-refractivity contribution in [3.63, 3.8) is 0 Å². The predicted octanol–water partition coefficient (Wildman–Crippen LogP) is 3.32. The van der Waals surface area contributed by atoms with Crippen molar-refractivity contribution in [1.29, 1.82) is 10.5 Å². The van der Waals surface area contributed by atoms with Gasteiger partial charge in [0.2, 0.25) is 5.95 Å². The molecule has 0 amide bonds. The number of aromatic nitrogens is 2. The Morgan fingerprint density at radius 3 is 2.52 bits per heavy atom. The Hall–Kier alpha value is -2.05. The van der Waals surface area contributed by atoms with Crippen molar-refractivity contribution in [3.8, 4) is 12.1 Å². The lowest BCUT2D eigenvalue weighted by molar-refractivity contribution is 0.685. The number of nitrogens with one attached hydrogen (secondary N) is 2. The molecular formula is C14H19ClN6. The van der Waals surface area contributed by atoms with Gasteiger partial charge in [0.25, 0.3) is 0 Å². The monoisotopic (exact) mass is 306 g/mol. The summed E-state index contributed by atoms with van der Waals surface area (Å²) in [4.78, 5) is 8.29. The summed E-state index contributed by atoms with van der Waals surface area (Å²) in [5, 5.41) is 24.3. The molecule has 7 heteroatoms. The average Bonchev–Trinajstić information content (AvgIpc) is 2.38. The molecule has 0 bridgehead atoms. The molecule has 0 radical (unpaired) electrons. The SMILES string of the molecule is CCCC(C)Nc1nc(NC(C)(C)C#N)nc(Cl)c1C#N. The molecule has 1 atom stereocenters. The van der Waals surface area contributed by atoms with Crippen LogP contribution in [0.5, 0.6) is 0 Å². The lowest BCUT2D eigenvalue weighted by Crippen LogP contribution is -2.30. The molecule has 1 unspecified atom stereocenters. The van der Waals surface area contributed by atoms with Crippen molar-refractivity contribution in [2.75, 3.05) is 10.6 Å². The topological polar surface area (TPSA) is 97.4 Å². The van der Waals surface area contributed by atoms with E-state index in [4.69, 9.17) is 16.9 Å². The quantitative estimate of drug-likeness (QED) is 0.782. The summed E-state index contributed by atoms with van der Waals surface area (Å²) < 4.78 is 0. The van der Waals surface area contributed by atoms with E-state index in [1.807, 2.05) is 13.0 Å². The molecule has 1 aromatic rings. The summed E-state index contributed by atoms with van der Waals surface area (Å²) in [6.45, 7) is 7.50. The summed E-state index contributed by atoms with van der Waals surface area (Å²) in [7, 11) is 0. The van der Waals surface area contributed by atoms with Crippen LogP contribution in [0.3, 0.4) is 0 Å². The number of rotatable bonds is 6. The molecule has 0 aliphatic heterocycles. The van der Waals surface area contributed by atoms with Crippen molar-refractivity contribution in [1.82, 2.24) is 9.97 Å². The Kier molecular flexibility index (Phi) is 5.75. The van der Waals surface area contributed by atoms with E-state index in [0.717, 1.165) is 12.8 Å². The second kappa shape index (κ2) is 7.10. The highest BCUT2D eigenvalue weighted by molar-refractivity contribution is 6.31. The van der Waals surface area contributed by atoms with Gasteiger partial charge in [0.15, 0.2) is 11.0 Å². The lowest BCUT2D eigenvalue weighted by Gasteiger charge is -2.20. The molecule has 21 heavy (non-hydrogen) atoms. The van der Waals surface area contributed by atoms with Gasteiger partial charge in [-0.2, -0.15) is 20.5 Å². The molecule has 0 saturated heterocycles. The fourth-order valence-electron chi connectivity index (χ4n) is 1.74. The Morgan fingerprint density at radius 1 is 1.33 bits per heavy atom. The van der Waals surface area contributed by atoms with Crippen molar-refractivity contribution < 1.29 is 0 Å². The predicted molar refractivity (Wildman–Crippen MR) is 83.1 cm³/mol. The number of halogens is 1. The maximum absolute atomic E-state index is 9.18. The van der Waals surface area contributed by atoms with Gasteiger partial charge in [-0.25, -0.2) is 0 Å². The minimum atomic E-state index is -0.830. The number of nitriles is 2. The van der Waals surface area contributed by atoms with Crippen LogP contribution in [0.25, 0.3) is 0 Å². The van der Waals surface area contributed by atoms with Gasteiger partial charge in [0, 0.05) is 6.04 Å². The van der Waals surface area contributed by atoms with E-state index in [0.29, 0.717) is 5.82 Å². The zero-order chi connectivity index (χ0) is 16.0. The van der Waals surface area contributed by atoms with Gasteiger partial charge in [0.05, 0.1) is 6.07 Å². The van der Waals surface area contributed by atoms with Crippen LogP contribution >= 0.6 is 11.6 Å². The second-order valence-electron chi connectivity index (χ2n) is 5.37. The highest BCUT2D eigenvalue weighted by Crippen LogP contribution is 2.24. The first-order valence-corrected chi connectivity index (χ1v) is 7.14. The second-order valence-corrected chi connectivity index (χ2v) is 5.73. The van der Waals surface area contributed by atoms with Crippen LogP contribution in [0.1, 0.15) is 46.1 Å². The first-order valence-electron chi connectivity index (χ1n) is 6.76. The fraction of sp³-hybridized carbons (Fsp3) is 0.571. The average molecular weight is 307 g/mol. The van der Waals surface area contributed by atoms with Crippen LogP contribution in [0.2, 0.25) is 5.15 Å². The van der Waals surface area contributed by atoms with Crippen molar-refractivity contribution >= 4 is 23.4 Å². The van der Waals surface area contributed by atoms with Crippen LogP contribution in [0.4, 0.5) is 11.8 Å². The molecule has 2 N–H and O–H groups in total. The molecule has 112 valence electrons. The number of anilines is 2. The molecule has 0 fully saturated rings. The molecule has 1 heterocycles. The van der Waals surface area contributed by atoms with E-state index in [1.165, 1.54) is 0 Å². The maximum atomic E-state index is 9.18. The van der Waals surface area contributed by atoms with Gasteiger partial charge >= 0.3 is 0 Å². The van der Waals surface area contributed by atoms with Crippen LogP contribution in [-0.4, -0.2) is 21.5 Å². The van der Waals surface area contributed by atoms with Crippen LogP contribution in [0, 0.1) is 22.7 Å². The largest absolute Gasteiger partial charge is 0.366 e. The van der Waals surface area contributed by atoms with E-state index < -0.39 is 5.54 Å². The van der Waals surface area contributed by atoms with E-state index >= 15 is 0 Å². The van der Waals surface area contributed by atoms with Gasteiger partial charge in [-0.05, 0) is 27.2 Å². The zero-order valence-corrected chi connectivity index (χ0v) is 13.4. The van der Waals surface area contributed by atoms with Gasteiger partial charge in [-0.3, -0.25) is 0 Å². The third-order valence-corrected chi connectivity index (χ3v) is 3.06. The molecule has 0 aliphatic carbocycles. The lowest BCUT2D eigenvalue weighted by atomic mass is 10.1. The molecular weight excluding hydrogens is 288 g/mol. The molecule has 1 rings (SSSR count). The van der Waals surface area contributed by atoms with Crippen molar-refractivity contribution in [2.24, 2.45) is 0 Å². The zero-order valence-electron chi connectivity index (χ0n) is 12.7. The standard InChI is InChI=1S/C14H19ClN6/c1-5-6-9(2)18-12-10(7-16)11(15)19-13(20-12)21-14(3,4)8-17/h9H,5-6H2,1-4H3,(H2,18,19,20,21). The number of hydrogen-bond donors (Lipinski definition) is 2. The molecule has 0 aromatic carbocycles. The number of nitrogens with zero attached hydrogens (tertiary/aromatic N) is 4. The van der Waals surface area contributed by atoms with E-state index in [2.05, 4.69) is 33.6 Å². The third kappa shape index (κ3) is 4.77. The Balaban J connectivity index is 3.14. The van der Waals surface area contributed by atoms with Gasteiger partial charge in [-0.1, -0.05) is 24.9 Å². The van der Waals surface area contributed by atoms with Gasteiger partial charge in [0.1, 0.15) is 17.2 Å². The number of hydrogen-bond acceptors (Lipinski definition) is 6. The van der Waals surface area contributed by atoms with E-state index in [9.17, 15) is 5.26 Å². The fourth-order valence-corrected chi connectivity index (χ4v) is 1.95. The van der Waals surface area contributed by atoms with Crippen LogP contribution in [-0.2, 0) is 0 Å². The molecule has 0 aliphatic rings. The summed E-state index contributed by atoms with van der Waals surface area (Å²) in [5.41, 5.74) is -0.621. The van der Waals surface area contributed by atoms with Crippen molar-refractivity contribution in [3.05, 3.63) is 10.7 Å². The minimum Gasteiger partial charge on any atom is -0.366 e. The maximum Gasteiger partial charge on any atom is 0.227 e. The van der Waals surface area contributed by atoms with Gasteiger partial charge < -0.3 is 10.6 Å². The minimum absolute atomic E-state index is 0.0648. The Bertz CT molecular complexity index is 584. The highest BCUT2D eigenvalue weighted by Gasteiger charge is 2.20. The normalized spacial score (nSPS) is 12.1. The van der Waals surface area contributed by atoms with Crippen LogP contribution < -0.4 is 10.6 Å². The smallest absolute Gasteiger partial charge is 0.227 e. The first kappa shape index (κ1) is 17.0. The van der Waals surface area contributed by atoms with Crippen molar-refractivity contribution in [2.45, 2.75) is 52.1 Å². The third-order valence-electron chi connectivity index (χ3n) is 2.79. The molecule has 0 spiro atoms. The summed E-state index contributed by atoms with van der Waals surface area (Å²) in [5.74, 6) is 0.603. The van der Waals surface area contributed by atoms with E-state index in [-0.39, 0.29) is 22.7 Å². The highest BCUT2D eigenvalue weighted by atomic mass is 35.5. The Labute approximate surface area is 130 Å². The summed E-state index contributed by atoms with van der Waals surface area (Å²) in [6, 6.07) is 4.26. The van der Waals surface area contributed by atoms with E-state index in [1.54, 1.807) is 13.8 Å². The molecule has 6 nitrogen and oxygen atoms in total. The van der Waals surface area contributed by atoms with Gasteiger partial charge in [-0.15, -0.1) is 0 Å². The first-order chi connectivity index (χ1) is 9.82. The molecule has 1 aromatic heterocycles. The van der Waals surface area contributed by atoms with Crippen LogP contribution in [0.15, 0.2) is 0 Å².